The van der Waals surface area contributed by atoms with Gasteiger partial charge in [0.25, 0.3) is 0 Å². The van der Waals surface area contributed by atoms with Crippen LogP contribution in [0.1, 0.15) is 12.8 Å². The molecule has 0 bridgehead atoms. The third kappa shape index (κ3) is 0.924. The largest absolute Gasteiger partial charge is 0.366 e. The molecule has 0 aromatic rings. The van der Waals surface area contributed by atoms with Gasteiger partial charge < -0.3 is 4.74 Å². The zero-order valence-electron chi connectivity index (χ0n) is 5.29. The first kappa shape index (κ1) is 5.24. The highest BCUT2D eigenvalue weighted by atomic mass is 16.5. The summed E-state index contributed by atoms with van der Waals surface area (Å²) in [7, 11) is 0. The number of hydrogen-bond acceptors (Lipinski definition) is 1. The molecule has 0 saturated carbocycles. The lowest BCUT2D eigenvalue weighted by Crippen LogP contribution is -2.24. The maximum absolute atomic E-state index is 5.55. The summed E-state index contributed by atoms with van der Waals surface area (Å²) in [6, 6.07) is 0. The smallest absolute Gasteiger partial charge is 0.0798 e. The minimum atomic E-state index is 0.431. The molecule has 2 rings (SSSR count). The summed E-state index contributed by atoms with van der Waals surface area (Å²) in [5.74, 6) is 0. The van der Waals surface area contributed by atoms with Crippen LogP contribution in [0.3, 0.4) is 0 Å². The molecule has 2 aliphatic rings. The van der Waals surface area contributed by atoms with Crippen molar-refractivity contribution in [2.75, 3.05) is 0 Å². The molecule has 0 heterocycles. The Balaban J connectivity index is 1.77. The fraction of sp³-hybridized carbons (Fsp3) is 0.500. The predicted octanol–water partition coefficient (Wildman–Crippen LogP) is 1.66. The van der Waals surface area contributed by atoms with E-state index in [0.717, 1.165) is 12.8 Å². The van der Waals surface area contributed by atoms with Crippen molar-refractivity contribution in [2.24, 2.45) is 0 Å². The minimum Gasteiger partial charge on any atom is -0.366 e. The zero-order chi connectivity index (χ0) is 6.10. The standard InChI is InChI=1S/C8H10O/c1-3-7(4-1)9-8-5-2-6-8/h1-3,5,7-8H,4,6H2. The van der Waals surface area contributed by atoms with Crippen LogP contribution in [0.5, 0.6) is 0 Å². The van der Waals surface area contributed by atoms with Gasteiger partial charge in [-0.15, -0.1) is 0 Å². The van der Waals surface area contributed by atoms with E-state index in [1.165, 1.54) is 0 Å². The zero-order valence-corrected chi connectivity index (χ0v) is 5.29. The second kappa shape index (κ2) is 1.99. The van der Waals surface area contributed by atoms with Gasteiger partial charge in [-0.1, -0.05) is 24.3 Å². The van der Waals surface area contributed by atoms with E-state index in [2.05, 4.69) is 24.3 Å². The molecule has 9 heavy (non-hydrogen) atoms. The third-order valence-corrected chi connectivity index (χ3v) is 1.79. The molecular weight excluding hydrogens is 112 g/mol. The van der Waals surface area contributed by atoms with Crippen LogP contribution in [0, 0.1) is 0 Å². The maximum Gasteiger partial charge on any atom is 0.0798 e. The van der Waals surface area contributed by atoms with Gasteiger partial charge in [0, 0.05) is 0 Å². The minimum absolute atomic E-state index is 0.431. The normalized spacial score (nSPS) is 37.8. The van der Waals surface area contributed by atoms with Crippen molar-refractivity contribution in [1.82, 2.24) is 0 Å². The molecule has 2 aliphatic carbocycles. The topological polar surface area (TPSA) is 9.23 Å². The first-order valence-electron chi connectivity index (χ1n) is 3.44. The Labute approximate surface area is 55.0 Å². The van der Waals surface area contributed by atoms with E-state index in [-0.39, 0.29) is 0 Å². The van der Waals surface area contributed by atoms with Crippen LogP contribution in [0.15, 0.2) is 24.3 Å². The van der Waals surface area contributed by atoms with Crippen LogP contribution >= 0.6 is 0 Å². The second-order valence-electron chi connectivity index (χ2n) is 2.54. The van der Waals surface area contributed by atoms with Crippen molar-refractivity contribution in [3.8, 4) is 0 Å². The van der Waals surface area contributed by atoms with Gasteiger partial charge in [-0.3, -0.25) is 0 Å². The van der Waals surface area contributed by atoms with E-state index < -0.39 is 0 Å². The summed E-state index contributed by atoms with van der Waals surface area (Å²) in [6.45, 7) is 0. The van der Waals surface area contributed by atoms with Crippen molar-refractivity contribution in [3.63, 3.8) is 0 Å². The molecule has 0 aromatic carbocycles. The molecule has 48 valence electrons. The average Bonchev–Trinajstić information content (AvgIpc) is 1.57. The van der Waals surface area contributed by atoms with Gasteiger partial charge in [0.05, 0.1) is 12.2 Å². The number of hydrogen-bond donors (Lipinski definition) is 0. The first-order valence-corrected chi connectivity index (χ1v) is 3.44. The Morgan fingerprint density at radius 2 is 1.44 bits per heavy atom. The van der Waals surface area contributed by atoms with Crippen LogP contribution < -0.4 is 0 Å². The summed E-state index contributed by atoms with van der Waals surface area (Å²) >= 11 is 0. The van der Waals surface area contributed by atoms with Gasteiger partial charge in [0.15, 0.2) is 0 Å². The van der Waals surface area contributed by atoms with Crippen molar-refractivity contribution in [3.05, 3.63) is 24.3 Å². The van der Waals surface area contributed by atoms with Crippen molar-refractivity contribution in [1.29, 1.82) is 0 Å². The first-order chi connectivity index (χ1) is 4.45. The Morgan fingerprint density at radius 1 is 1.00 bits per heavy atom. The molecule has 0 aliphatic heterocycles. The van der Waals surface area contributed by atoms with Gasteiger partial charge in [0.2, 0.25) is 0 Å². The van der Waals surface area contributed by atoms with Crippen LogP contribution in [0.25, 0.3) is 0 Å². The SMILES string of the molecule is C1=CC(OC2C=CC2)C1. The molecule has 0 radical (unpaired) electrons. The van der Waals surface area contributed by atoms with Crippen LogP contribution in [0.2, 0.25) is 0 Å². The fourth-order valence-corrected chi connectivity index (χ4v) is 0.921. The van der Waals surface area contributed by atoms with Crippen molar-refractivity contribution < 1.29 is 4.74 Å². The van der Waals surface area contributed by atoms with Crippen LogP contribution in [0.4, 0.5) is 0 Å². The molecule has 2 unspecified atom stereocenters. The molecule has 0 amide bonds. The number of rotatable bonds is 2. The van der Waals surface area contributed by atoms with Gasteiger partial charge in [-0.25, -0.2) is 0 Å². The highest BCUT2D eigenvalue weighted by Crippen LogP contribution is 2.20. The van der Waals surface area contributed by atoms with Gasteiger partial charge in [-0.2, -0.15) is 0 Å². The lowest BCUT2D eigenvalue weighted by atomic mass is 10.0. The summed E-state index contributed by atoms with van der Waals surface area (Å²) in [5, 5.41) is 0. The van der Waals surface area contributed by atoms with E-state index in [4.69, 9.17) is 4.74 Å². The molecule has 0 saturated heterocycles. The Morgan fingerprint density at radius 3 is 1.67 bits per heavy atom. The number of ether oxygens (including phenoxy) is 1. The van der Waals surface area contributed by atoms with Crippen molar-refractivity contribution >= 4 is 0 Å². The molecule has 2 atom stereocenters. The van der Waals surface area contributed by atoms with Gasteiger partial charge >= 0.3 is 0 Å². The Hall–Kier alpha value is -0.560. The highest BCUT2D eigenvalue weighted by Gasteiger charge is 2.17. The Kier molecular flexibility index (Phi) is 1.16. The van der Waals surface area contributed by atoms with E-state index in [9.17, 15) is 0 Å². The van der Waals surface area contributed by atoms with E-state index >= 15 is 0 Å². The lowest BCUT2D eigenvalue weighted by molar-refractivity contribution is 0.0273. The van der Waals surface area contributed by atoms with Gasteiger partial charge in [0.1, 0.15) is 0 Å². The van der Waals surface area contributed by atoms with E-state index in [1.807, 2.05) is 0 Å². The summed E-state index contributed by atoms with van der Waals surface area (Å²) in [6.07, 6.45) is 11.6. The molecule has 0 spiro atoms. The predicted molar refractivity (Wildman–Crippen MR) is 36.2 cm³/mol. The molecule has 0 aromatic heterocycles. The van der Waals surface area contributed by atoms with E-state index in [1.54, 1.807) is 0 Å². The quantitative estimate of drug-likeness (QED) is 0.506. The molecule has 0 fully saturated rings. The van der Waals surface area contributed by atoms with Gasteiger partial charge in [-0.05, 0) is 12.8 Å². The van der Waals surface area contributed by atoms with Crippen LogP contribution in [-0.4, -0.2) is 12.2 Å². The monoisotopic (exact) mass is 122 g/mol. The fourth-order valence-electron chi connectivity index (χ4n) is 0.921. The highest BCUT2D eigenvalue weighted by molar-refractivity contribution is 5.08. The van der Waals surface area contributed by atoms with Crippen molar-refractivity contribution in [2.45, 2.75) is 25.0 Å². The Bertz CT molecular complexity index is 140. The summed E-state index contributed by atoms with van der Waals surface area (Å²) in [5.41, 5.74) is 0. The molecule has 1 nitrogen and oxygen atoms in total. The summed E-state index contributed by atoms with van der Waals surface area (Å²) < 4.78 is 5.55. The molecular formula is C8H10O. The lowest BCUT2D eigenvalue weighted by Gasteiger charge is -2.26. The summed E-state index contributed by atoms with van der Waals surface area (Å²) in [4.78, 5) is 0. The third-order valence-electron chi connectivity index (χ3n) is 1.79. The molecule has 1 heteroatoms. The molecule has 0 N–H and O–H groups in total. The van der Waals surface area contributed by atoms with E-state index in [0.29, 0.717) is 12.2 Å². The van der Waals surface area contributed by atoms with Crippen LogP contribution in [-0.2, 0) is 4.74 Å². The average molecular weight is 122 g/mol. The maximum atomic E-state index is 5.55. The second-order valence-corrected chi connectivity index (χ2v) is 2.54.